The van der Waals surface area contributed by atoms with Crippen LogP contribution in [0.4, 0.5) is 0 Å². The van der Waals surface area contributed by atoms with E-state index in [1.54, 1.807) is 13.8 Å². The van der Waals surface area contributed by atoms with Gasteiger partial charge in [0.1, 0.15) is 0 Å². The first-order valence-electron chi connectivity index (χ1n) is 6.54. The van der Waals surface area contributed by atoms with Crippen LogP contribution in [0.3, 0.4) is 0 Å². The summed E-state index contributed by atoms with van der Waals surface area (Å²) < 4.78 is 5.35. The number of carboxylic acid groups (broad SMARTS) is 1. The van der Waals surface area contributed by atoms with E-state index in [2.05, 4.69) is 5.32 Å². The molecule has 1 atom stereocenters. The lowest BCUT2D eigenvalue weighted by molar-refractivity contribution is -0.154. The third-order valence-electron chi connectivity index (χ3n) is 3.04. The van der Waals surface area contributed by atoms with Crippen LogP contribution in [0.1, 0.15) is 52.4 Å². The minimum atomic E-state index is -0.889. The first-order chi connectivity index (χ1) is 8.39. The summed E-state index contributed by atoms with van der Waals surface area (Å²) in [7, 11) is 0. The molecule has 0 aromatic carbocycles. The maximum Gasteiger partial charge on any atom is 0.307 e. The highest BCUT2D eigenvalue weighted by Crippen LogP contribution is 2.26. The van der Waals surface area contributed by atoms with Crippen molar-refractivity contribution in [1.29, 1.82) is 0 Å². The van der Waals surface area contributed by atoms with Gasteiger partial charge in [-0.15, -0.1) is 0 Å². The smallest absolute Gasteiger partial charge is 0.307 e. The normalized spacial score (nSPS) is 21.1. The van der Waals surface area contributed by atoms with Gasteiger partial charge in [0, 0.05) is 0 Å². The standard InChI is InChI=1S/C13H23NO4/c1-13(2,8-11(15)16)9-12(17)18-10-6-4-3-5-7-14-10/h10,14H,3-9H2,1-2H3,(H,15,16). The summed E-state index contributed by atoms with van der Waals surface area (Å²) in [5.74, 6) is -1.21. The third kappa shape index (κ3) is 6.00. The summed E-state index contributed by atoms with van der Waals surface area (Å²) in [6.45, 7) is 4.41. The second-order valence-electron chi connectivity index (χ2n) is 5.69. The van der Waals surface area contributed by atoms with E-state index in [1.807, 2.05) is 0 Å². The highest BCUT2D eigenvalue weighted by Gasteiger charge is 2.27. The van der Waals surface area contributed by atoms with E-state index in [-0.39, 0.29) is 25.0 Å². The topological polar surface area (TPSA) is 75.6 Å². The molecule has 0 radical (unpaired) electrons. The van der Waals surface area contributed by atoms with Crippen LogP contribution in [0.15, 0.2) is 0 Å². The molecule has 0 aliphatic carbocycles. The van der Waals surface area contributed by atoms with Crippen LogP contribution in [0.5, 0.6) is 0 Å². The molecular formula is C13H23NO4. The number of rotatable bonds is 5. The molecule has 0 amide bonds. The molecule has 0 bridgehead atoms. The highest BCUT2D eigenvalue weighted by atomic mass is 16.6. The Morgan fingerprint density at radius 1 is 1.28 bits per heavy atom. The number of nitrogens with one attached hydrogen (secondary N) is 1. The van der Waals surface area contributed by atoms with Gasteiger partial charge in [-0.3, -0.25) is 14.9 Å². The van der Waals surface area contributed by atoms with E-state index in [4.69, 9.17) is 9.84 Å². The van der Waals surface area contributed by atoms with Gasteiger partial charge in [-0.25, -0.2) is 0 Å². The van der Waals surface area contributed by atoms with Crippen molar-refractivity contribution in [3.05, 3.63) is 0 Å². The van der Waals surface area contributed by atoms with Crippen molar-refractivity contribution >= 4 is 11.9 Å². The Kier molecular flexibility index (Phi) is 5.59. The van der Waals surface area contributed by atoms with Gasteiger partial charge < -0.3 is 9.84 Å². The molecule has 1 aliphatic heterocycles. The minimum Gasteiger partial charge on any atom is -0.481 e. The molecule has 0 aromatic heterocycles. The summed E-state index contributed by atoms with van der Waals surface area (Å²) in [6.07, 6.45) is 4.07. The lowest BCUT2D eigenvalue weighted by Gasteiger charge is -2.23. The highest BCUT2D eigenvalue weighted by molar-refractivity contribution is 5.73. The zero-order valence-corrected chi connectivity index (χ0v) is 11.2. The number of esters is 1. The second kappa shape index (κ2) is 6.73. The average Bonchev–Trinajstić information content (AvgIpc) is 2.42. The number of carbonyl (C=O) groups excluding carboxylic acids is 1. The fourth-order valence-corrected chi connectivity index (χ4v) is 2.16. The fourth-order valence-electron chi connectivity index (χ4n) is 2.16. The summed E-state index contributed by atoms with van der Waals surface area (Å²) >= 11 is 0. The Labute approximate surface area is 108 Å². The van der Waals surface area contributed by atoms with E-state index in [9.17, 15) is 9.59 Å². The van der Waals surface area contributed by atoms with Crippen LogP contribution in [-0.4, -0.2) is 29.8 Å². The number of carbonyl (C=O) groups is 2. The number of aliphatic carboxylic acids is 1. The van der Waals surface area contributed by atoms with Gasteiger partial charge in [-0.2, -0.15) is 0 Å². The predicted octanol–water partition coefficient (Wildman–Crippen LogP) is 1.91. The molecule has 1 unspecified atom stereocenters. The Morgan fingerprint density at radius 3 is 2.67 bits per heavy atom. The van der Waals surface area contributed by atoms with Crippen molar-refractivity contribution in [1.82, 2.24) is 5.32 Å². The van der Waals surface area contributed by atoms with Gasteiger partial charge in [0.15, 0.2) is 6.23 Å². The molecule has 1 rings (SSSR count). The van der Waals surface area contributed by atoms with Crippen molar-refractivity contribution in [2.75, 3.05) is 6.54 Å². The molecule has 104 valence electrons. The lowest BCUT2D eigenvalue weighted by Crippen LogP contribution is -2.34. The summed E-state index contributed by atoms with van der Waals surface area (Å²) in [6, 6.07) is 0. The Balaban J connectivity index is 2.37. The van der Waals surface area contributed by atoms with E-state index >= 15 is 0 Å². The first-order valence-corrected chi connectivity index (χ1v) is 6.54. The van der Waals surface area contributed by atoms with E-state index < -0.39 is 11.4 Å². The largest absolute Gasteiger partial charge is 0.481 e. The van der Waals surface area contributed by atoms with Crippen molar-refractivity contribution in [2.45, 2.75) is 58.6 Å². The predicted molar refractivity (Wildman–Crippen MR) is 67.0 cm³/mol. The monoisotopic (exact) mass is 257 g/mol. The van der Waals surface area contributed by atoms with Gasteiger partial charge in [-0.05, 0) is 31.2 Å². The van der Waals surface area contributed by atoms with Gasteiger partial charge in [0.05, 0.1) is 12.8 Å². The number of ether oxygens (including phenoxy) is 1. The number of hydrogen-bond acceptors (Lipinski definition) is 4. The molecule has 1 fully saturated rings. The molecule has 18 heavy (non-hydrogen) atoms. The van der Waals surface area contributed by atoms with E-state index in [0.29, 0.717) is 0 Å². The van der Waals surface area contributed by atoms with Gasteiger partial charge >= 0.3 is 11.9 Å². The molecule has 2 N–H and O–H groups in total. The van der Waals surface area contributed by atoms with Crippen molar-refractivity contribution < 1.29 is 19.4 Å². The molecule has 5 nitrogen and oxygen atoms in total. The summed E-state index contributed by atoms with van der Waals surface area (Å²) in [5, 5.41) is 11.9. The first kappa shape index (κ1) is 15.0. The van der Waals surface area contributed by atoms with E-state index in [1.165, 1.54) is 0 Å². The lowest BCUT2D eigenvalue weighted by atomic mass is 9.86. The van der Waals surface area contributed by atoms with Crippen molar-refractivity contribution in [2.24, 2.45) is 5.41 Å². The van der Waals surface area contributed by atoms with Crippen LogP contribution in [-0.2, 0) is 14.3 Å². The van der Waals surface area contributed by atoms with Crippen molar-refractivity contribution in [3.63, 3.8) is 0 Å². The molecule has 5 heteroatoms. The summed E-state index contributed by atoms with van der Waals surface area (Å²) in [4.78, 5) is 22.4. The van der Waals surface area contributed by atoms with Gasteiger partial charge in [-0.1, -0.05) is 20.3 Å². The molecule has 0 spiro atoms. The average molecular weight is 257 g/mol. The van der Waals surface area contributed by atoms with E-state index in [0.717, 1.165) is 32.2 Å². The molecular weight excluding hydrogens is 234 g/mol. The molecule has 1 saturated heterocycles. The second-order valence-corrected chi connectivity index (χ2v) is 5.69. The maximum absolute atomic E-state index is 11.8. The van der Waals surface area contributed by atoms with Crippen LogP contribution in [0.2, 0.25) is 0 Å². The zero-order valence-electron chi connectivity index (χ0n) is 11.2. The van der Waals surface area contributed by atoms with Crippen LogP contribution < -0.4 is 5.32 Å². The van der Waals surface area contributed by atoms with Crippen molar-refractivity contribution in [3.8, 4) is 0 Å². The van der Waals surface area contributed by atoms with Crippen LogP contribution in [0, 0.1) is 5.41 Å². The molecule has 0 aromatic rings. The minimum absolute atomic E-state index is 0.0276. The number of carboxylic acids is 1. The maximum atomic E-state index is 11.8. The molecule has 1 heterocycles. The van der Waals surface area contributed by atoms with Gasteiger partial charge in [0.2, 0.25) is 0 Å². The molecule has 0 saturated carbocycles. The zero-order chi connectivity index (χ0) is 13.6. The van der Waals surface area contributed by atoms with Crippen LogP contribution in [0.25, 0.3) is 0 Å². The Bertz CT molecular complexity index is 293. The fraction of sp³-hybridized carbons (Fsp3) is 0.846. The number of hydrogen-bond donors (Lipinski definition) is 2. The third-order valence-corrected chi connectivity index (χ3v) is 3.04. The Hall–Kier alpha value is -1.10. The van der Waals surface area contributed by atoms with Gasteiger partial charge in [0.25, 0.3) is 0 Å². The SMILES string of the molecule is CC(C)(CC(=O)O)CC(=O)OC1CCCCCN1. The quantitative estimate of drug-likeness (QED) is 0.736. The summed E-state index contributed by atoms with van der Waals surface area (Å²) in [5.41, 5.74) is -0.562. The molecule has 1 aliphatic rings. The Morgan fingerprint density at radius 2 is 2.00 bits per heavy atom. The van der Waals surface area contributed by atoms with Crippen LogP contribution >= 0.6 is 0 Å².